The first-order chi connectivity index (χ1) is 12.5. The molecule has 1 amide bonds. The number of amides is 1. The van der Waals surface area contributed by atoms with Gasteiger partial charge in [-0.15, -0.1) is 0 Å². The van der Waals surface area contributed by atoms with E-state index in [1.807, 2.05) is 30.3 Å². The molecule has 138 valence electrons. The normalized spacial score (nSPS) is 20.2. The first kappa shape index (κ1) is 17.2. The standard InChI is InChI=1S/C18H20N2O5S/c21-17(20-26(22,23)11-12-8-9-24-10-12)15-16(13-6-7-13)25-18(19-15)14-4-2-1-3-5-14/h1-5,12-13H,6-11H2,(H,20,21)/t12-/m1/s1. The van der Waals surface area contributed by atoms with Crippen LogP contribution in [0.4, 0.5) is 0 Å². The molecule has 4 rings (SSSR count). The van der Waals surface area contributed by atoms with E-state index in [9.17, 15) is 13.2 Å². The van der Waals surface area contributed by atoms with Crippen LogP contribution in [0.1, 0.15) is 41.4 Å². The molecule has 1 saturated carbocycles. The van der Waals surface area contributed by atoms with Crippen LogP contribution in [0.25, 0.3) is 11.5 Å². The Bertz CT molecular complexity index is 897. The van der Waals surface area contributed by atoms with Crippen LogP contribution in [0.15, 0.2) is 34.7 Å². The van der Waals surface area contributed by atoms with Crippen molar-refractivity contribution in [2.45, 2.75) is 25.2 Å². The van der Waals surface area contributed by atoms with Gasteiger partial charge in [-0.25, -0.2) is 18.1 Å². The average molecular weight is 376 g/mol. The molecule has 1 atom stereocenters. The van der Waals surface area contributed by atoms with Crippen molar-refractivity contribution in [3.05, 3.63) is 41.8 Å². The van der Waals surface area contributed by atoms with E-state index in [2.05, 4.69) is 9.71 Å². The second-order valence-corrected chi connectivity index (χ2v) is 8.58. The molecule has 2 fully saturated rings. The fraction of sp³-hybridized carbons (Fsp3) is 0.444. The van der Waals surface area contributed by atoms with Crippen LogP contribution < -0.4 is 4.72 Å². The molecule has 1 aliphatic carbocycles. The SMILES string of the molecule is O=C(NS(=O)(=O)C[C@@H]1CCOC1)c1nc(-c2ccccc2)oc1C1CC1. The summed E-state index contributed by atoms with van der Waals surface area (Å²) < 4.78 is 37.7. The fourth-order valence-electron chi connectivity index (χ4n) is 3.08. The van der Waals surface area contributed by atoms with E-state index in [0.29, 0.717) is 31.3 Å². The molecule has 8 heteroatoms. The zero-order valence-corrected chi connectivity index (χ0v) is 15.0. The molecule has 26 heavy (non-hydrogen) atoms. The summed E-state index contributed by atoms with van der Waals surface area (Å²) in [7, 11) is -3.75. The Morgan fingerprint density at radius 3 is 2.62 bits per heavy atom. The lowest BCUT2D eigenvalue weighted by molar-refractivity contribution is 0.0975. The number of carbonyl (C=O) groups excluding carboxylic acids is 1. The van der Waals surface area contributed by atoms with Crippen LogP contribution in [0.3, 0.4) is 0 Å². The molecule has 0 spiro atoms. The minimum absolute atomic E-state index is 0.0672. The highest BCUT2D eigenvalue weighted by Crippen LogP contribution is 2.43. The number of rotatable bonds is 6. The van der Waals surface area contributed by atoms with Crippen LogP contribution in [0.5, 0.6) is 0 Å². The summed E-state index contributed by atoms with van der Waals surface area (Å²) in [6.07, 6.45) is 2.51. The molecule has 7 nitrogen and oxygen atoms in total. The van der Waals surface area contributed by atoms with Gasteiger partial charge in [-0.1, -0.05) is 18.2 Å². The molecule has 2 aliphatic rings. The number of carbonyl (C=O) groups is 1. The highest BCUT2D eigenvalue weighted by molar-refractivity contribution is 7.90. The number of aromatic nitrogens is 1. The molecule has 1 aliphatic heterocycles. The van der Waals surface area contributed by atoms with Gasteiger partial charge >= 0.3 is 0 Å². The number of ether oxygens (including phenoxy) is 1. The molecule has 1 aromatic carbocycles. The van der Waals surface area contributed by atoms with Gasteiger partial charge in [0, 0.05) is 24.0 Å². The third-order valence-electron chi connectivity index (χ3n) is 4.56. The van der Waals surface area contributed by atoms with Gasteiger partial charge in [0.25, 0.3) is 5.91 Å². The Balaban J connectivity index is 1.56. The molecular formula is C18H20N2O5S. The van der Waals surface area contributed by atoms with Gasteiger partial charge in [0.1, 0.15) is 5.76 Å². The van der Waals surface area contributed by atoms with E-state index >= 15 is 0 Å². The van der Waals surface area contributed by atoms with Crippen molar-refractivity contribution in [2.75, 3.05) is 19.0 Å². The zero-order chi connectivity index (χ0) is 18.1. The lowest BCUT2D eigenvalue weighted by Gasteiger charge is -2.09. The first-order valence-electron chi connectivity index (χ1n) is 8.70. The molecule has 2 heterocycles. The fourth-order valence-corrected chi connectivity index (χ4v) is 4.42. The van der Waals surface area contributed by atoms with E-state index in [4.69, 9.17) is 9.15 Å². The highest BCUT2D eigenvalue weighted by Gasteiger charge is 2.35. The van der Waals surface area contributed by atoms with E-state index in [0.717, 1.165) is 18.4 Å². The number of oxazole rings is 1. The topological polar surface area (TPSA) is 98.5 Å². The molecule has 1 saturated heterocycles. The predicted molar refractivity (Wildman–Crippen MR) is 94.1 cm³/mol. The minimum atomic E-state index is -3.75. The van der Waals surface area contributed by atoms with Gasteiger partial charge in [-0.3, -0.25) is 4.79 Å². The summed E-state index contributed by atoms with van der Waals surface area (Å²) >= 11 is 0. The van der Waals surface area contributed by atoms with Crippen LogP contribution >= 0.6 is 0 Å². The Morgan fingerprint density at radius 1 is 1.19 bits per heavy atom. The van der Waals surface area contributed by atoms with Crippen LogP contribution in [0.2, 0.25) is 0 Å². The van der Waals surface area contributed by atoms with Gasteiger partial charge in [-0.05, 0) is 31.4 Å². The summed E-state index contributed by atoms with van der Waals surface area (Å²) in [5.74, 6) is 0.00439. The Hall–Kier alpha value is -2.19. The van der Waals surface area contributed by atoms with Gasteiger partial charge in [0.15, 0.2) is 5.69 Å². The molecule has 0 radical (unpaired) electrons. The predicted octanol–water partition coefficient (Wildman–Crippen LogP) is 2.32. The average Bonchev–Trinajstić information content (AvgIpc) is 3.15. The summed E-state index contributed by atoms with van der Waals surface area (Å²) in [5, 5.41) is 0. The maximum Gasteiger partial charge on any atom is 0.286 e. The Morgan fingerprint density at radius 2 is 1.96 bits per heavy atom. The van der Waals surface area contributed by atoms with Crippen molar-refractivity contribution in [3.63, 3.8) is 0 Å². The summed E-state index contributed by atoms with van der Waals surface area (Å²) in [5.41, 5.74) is 0.817. The number of hydrogen-bond donors (Lipinski definition) is 1. The van der Waals surface area contributed by atoms with E-state index in [1.54, 1.807) is 0 Å². The second kappa shape index (κ2) is 6.85. The third-order valence-corrected chi connectivity index (χ3v) is 5.97. The molecule has 1 N–H and O–H groups in total. The summed E-state index contributed by atoms with van der Waals surface area (Å²) in [6.45, 7) is 0.966. The molecule has 0 unspecified atom stereocenters. The number of nitrogens with zero attached hydrogens (tertiary/aromatic N) is 1. The summed E-state index contributed by atoms with van der Waals surface area (Å²) in [4.78, 5) is 16.9. The Labute approximate surface area is 151 Å². The van der Waals surface area contributed by atoms with Crippen LogP contribution in [-0.4, -0.2) is 38.3 Å². The quantitative estimate of drug-likeness (QED) is 0.831. The first-order valence-corrected chi connectivity index (χ1v) is 10.4. The third kappa shape index (κ3) is 3.81. The monoisotopic (exact) mass is 376 g/mol. The van der Waals surface area contributed by atoms with Crippen molar-refractivity contribution >= 4 is 15.9 Å². The zero-order valence-electron chi connectivity index (χ0n) is 14.2. The smallest absolute Gasteiger partial charge is 0.286 e. The lowest BCUT2D eigenvalue weighted by atomic mass is 10.2. The highest BCUT2D eigenvalue weighted by atomic mass is 32.2. The van der Waals surface area contributed by atoms with Crippen molar-refractivity contribution in [3.8, 4) is 11.5 Å². The Kier molecular flexibility index (Phi) is 4.54. The molecule has 0 bridgehead atoms. The maximum atomic E-state index is 12.6. The minimum Gasteiger partial charge on any atom is -0.440 e. The van der Waals surface area contributed by atoms with Gasteiger partial charge < -0.3 is 9.15 Å². The van der Waals surface area contributed by atoms with Crippen LogP contribution in [-0.2, 0) is 14.8 Å². The molecule has 1 aromatic heterocycles. The van der Waals surface area contributed by atoms with E-state index < -0.39 is 15.9 Å². The number of benzene rings is 1. The van der Waals surface area contributed by atoms with Crippen molar-refractivity contribution in [1.82, 2.24) is 9.71 Å². The van der Waals surface area contributed by atoms with Crippen molar-refractivity contribution < 1.29 is 22.4 Å². The van der Waals surface area contributed by atoms with Crippen LogP contribution in [0, 0.1) is 5.92 Å². The lowest BCUT2D eigenvalue weighted by Crippen LogP contribution is -2.35. The number of hydrogen-bond acceptors (Lipinski definition) is 6. The number of sulfonamides is 1. The van der Waals surface area contributed by atoms with Gasteiger partial charge in [-0.2, -0.15) is 0 Å². The van der Waals surface area contributed by atoms with E-state index in [-0.39, 0.29) is 23.3 Å². The van der Waals surface area contributed by atoms with Gasteiger partial charge in [0.2, 0.25) is 15.9 Å². The van der Waals surface area contributed by atoms with Gasteiger partial charge in [0.05, 0.1) is 12.4 Å². The van der Waals surface area contributed by atoms with Crippen molar-refractivity contribution in [2.24, 2.45) is 5.92 Å². The maximum absolute atomic E-state index is 12.6. The van der Waals surface area contributed by atoms with Crippen molar-refractivity contribution in [1.29, 1.82) is 0 Å². The molecule has 2 aromatic rings. The van der Waals surface area contributed by atoms with E-state index in [1.165, 1.54) is 0 Å². The summed E-state index contributed by atoms with van der Waals surface area (Å²) in [6, 6.07) is 9.25. The molecular weight excluding hydrogens is 356 g/mol. The largest absolute Gasteiger partial charge is 0.440 e. The second-order valence-electron chi connectivity index (χ2n) is 6.81. The number of nitrogens with one attached hydrogen (secondary N) is 1.